The van der Waals surface area contributed by atoms with Gasteiger partial charge in [0.2, 0.25) is 0 Å². The Morgan fingerprint density at radius 3 is 2.91 bits per heavy atom. The highest BCUT2D eigenvalue weighted by Crippen LogP contribution is 2.31. The van der Waals surface area contributed by atoms with E-state index in [0.29, 0.717) is 0 Å². The van der Waals surface area contributed by atoms with E-state index in [0.717, 1.165) is 37.5 Å². The zero-order valence-electron chi connectivity index (χ0n) is 12.8. The lowest BCUT2D eigenvalue weighted by atomic mass is 10.0. The van der Waals surface area contributed by atoms with E-state index in [4.69, 9.17) is 4.74 Å². The smallest absolute Gasteiger partial charge is 0.123 e. The van der Waals surface area contributed by atoms with E-state index in [1.165, 1.54) is 11.6 Å². The Kier molecular flexibility index (Phi) is 4.71. The Hall–Kier alpha value is -1.91. The highest BCUT2D eigenvalue weighted by Gasteiger charge is 2.26. The van der Waals surface area contributed by atoms with Gasteiger partial charge >= 0.3 is 0 Å². The van der Waals surface area contributed by atoms with E-state index in [2.05, 4.69) is 16.3 Å². The molecule has 3 nitrogen and oxygen atoms in total. The van der Waals surface area contributed by atoms with E-state index in [-0.39, 0.29) is 11.9 Å². The maximum Gasteiger partial charge on any atom is 0.123 e. The summed E-state index contributed by atoms with van der Waals surface area (Å²) in [5.41, 5.74) is 2.18. The summed E-state index contributed by atoms with van der Waals surface area (Å²) >= 11 is 0. The van der Waals surface area contributed by atoms with Crippen molar-refractivity contribution in [3.05, 3.63) is 65.5 Å². The highest BCUT2D eigenvalue weighted by molar-refractivity contribution is 5.36. The fraction of sp³-hybridized carbons (Fsp3) is 0.333. The lowest BCUT2D eigenvalue weighted by Crippen LogP contribution is -2.45. The molecule has 0 spiro atoms. The summed E-state index contributed by atoms with van der Waals surface area (Å²) in [7, 11) is 1.70. The number of nitrogens with one attached hydrogen (secondary N) is 1. The molecule has 0 aromatic heterocycles. The van der Waals surface area contributed by atoms with Crippen LogP contribution in [-0.2, 0) is 6.54 Å². The second-order valence-electron chi connectivity index (χ2n) is 5.56. The van der Waals surface area contributed by atoms with Gasteiger partial charge in [0.25, 0.3) is 0 Å². The fourth-order valence-corrected chi connectivity index (χ4v) is 3.05. The first-order chi connectivity index (χ1) is 10.8. The van der Waals surface area contributed by atoms with Gasteiger partial charge in [-0.3, -0.25) is 4.90 Å². The van der Waals surface area contributed by atoms with E-state index >= 15 is 0 Å². The number of hydrogen-bond donors (Lipinski definition) is 1. The zero-order chi connectivity index (χ0) is 15.4. The molecule has 4 heteroatoms. The minimum absolute atomic E-state index is 0.179. The van der Waals surface area contributed by atoms with Crippen molar-refractivity contribution >= 4 is 0 Å². The Labute approximate surface area is 130 Å². The Morgan fingerprint density at radius 2 is 2.09 bits per heavy atom. The number of para-hydroxylation sites is 1. The number of rotatable bonds is 4. The van der Waals surface area contributed by atoms with Crippen LogP contribution < -0.4 is 10.1 Å². The molecule has 0 amide bonds. The normalized spacial score (nSPS) is 19.1. The molecule has 1 heterocycles. The van der Waals surface area contributed by atoms with Crippen LogP contribution in [0, 0.1) is 5.82 Å². The molecule has 1 N–H and O–H groups in total. The maximum atomic E-state index is 13.4. The van der Waals surface area contributed by atoms with E-state index < -0.39 is 0 Å². The number of ether oxygens (including phenoxy) is 1. The maximum absolute atomic E-state index is 13.4. The van der Waals surface area contributed by atoms with Gasteiger partial charge in [0.1, 0.15) is 11.6 Å². The monoisotopic (exact) mass is 300 g/mol. The van der Waals surface area contributed by atoms with Gasteiger partial charge in [0, 0.05) is 31.7 Å². The molecule has 0 saturated carbocycles. The average Bonchev–Trinajstić information content (AvgIpc) is 2.55. The molecular formula is C18H21FN2O. The van der Waals surface area contributed by atoms with Gasteiger partial charge in [-0.25, -0.2) is 4.39 Å². The number of methoxy groups -OCH3 is 1. The van der Waals surface area contributed by atoms with Gasteiger partial charge in [-0.05, 0) is 23.8 Å². The van der Waals surface area contributed by atoms with Crippen molar-refractivity contribution in [2.24, 2.45) is 0 Å². The largest absolute Gasteiger partial charge is 0.496 e. The first-order valence-corrected chi connectivity index (χ1v) is 7.60. The first kappa shape index (κ1) is 15.0. The summed E-state index contributed by atoms with van der Waals surface area (Å²) in [5, 5.41) is 3.44. The van der Waals surface area contributed by atoms with Crippen LogP contribution in [0.15, 0.2) is 48.5 Å². The van der Waals surface area contributed by atoms with Gasteiger partial charge in [-0.15, -0.1) is 0 Å². The van der Waals surface area contributed by atoms with Gasteiger partial charge < -0.3 is 10.1 Å². The van der Waals surface area contributed by atoms with Gasteiger partial charge in [0.05, 0.1) is 13.2 Å². The molecule has 1 atom stereocenters. The third-order valence-electron chi connectivity index (χ3n) is 4.13. The Balaban J connectivity index is 1.85. The summed E-state index contributed by atoms with van der Waals surface area (Å²) in [6.07, 6.45) is 0. The van der Waals surface area contributed by atoms with Crippen molar-refractivity contribution in [2.75, 3.05) is 26.7 Å². The van der Waals surface area contributed by atoms with Crippen LogP contribution in [0.3, 0.4) is 0 Å². The molecule has 116 valence electrons. The topological polar surface area (TPSA) is 24.5 Å². The van der Waals surface area contributed by atoms with Gasteiger partial charge in [-0.2, -0.15) is 0 Å². The van der Waals surface area contributed by atoms with E-state index in [1.807, 2.05) is 24.3 Å². The number of halogens is 1. The van der Waals surface area contributed by atoms with Gasteiger partial charge in [-0.1, -0.05) is 30.3 Å². The predicted octanol–water partition coefficient (Wildman–Crippen LogP) is 2.98. The standard InChI is InChI=1S/C18H21FN2O/c1-22-18-8-3-2-7-16(18)17-12-20-9-10-21(17)13-14-5-4-6-15(19)11-14/h2-8,11,17,20H,9-10,12-13H2,1H3. The number of nitrogens with zero attached hydrogens (tertiary/aromatic N) is 1. The van der Waals surface area contributed by atoms with Crippen LogP contribution in [0.5, 0.6) is 5.75 Å². The molecule has 1 saturated heterocycles. The van der Waals surface area contributed by atoms with Crippen molar-refractivity contribution < 1.29 is 9.13 Å². The summed E-state index contributed by atoms with van der Waals surface area (Å²) in [6, 6.07) is 15.2. The van der Waals surface area contributed by atoms with Crippen LogP contribution in [0.4, 0.5) is 4.39 Å². The second kappa shape index (κ2) is 6.90. The third kappa shape index (κ3) is 3.29. The average molecular weight is 300 g/mol. The molecular weight excluding hydrogens is 279 g/mol. The van der Waals surface area contributed by atoms with Crippen LogP contribution in [0.1, 0.15) is 17.2 Å². The van der Waals surface area contributed by atoms with Crippen molar-refractivity contribution in [1.29, 1.82) is 0 Å². The molecule has 3 rings (SSSR count). The molecule has 0 aliphatic carbocycles. The Bertz CT molecular complexity index is 632. The van der Waals surface area contributed by atoms with Crippen molar-refractivity contribution in [2.45, 2.75) is 12.6 Å². The van der Waals surface area contributed by atoms with E-state index in [1.54, 1.807) is 19.2 Å². The minimum atomic E-state index is -0.179. The molecule has 2 aromatic rings. The predicted molar refractivity (Wildman–Crippen MR) is 85.4 cm³/mol. The van der Waals surface area contributed by atoms with Crippen LogP contribution in [0.25, 0.3) is 0 Å². The number of hydrogen-bond acceptors (Lipinski definition) is 3. The SMILES string of the molecule is COc1ccccc1C1CNCCN1Cc1cccc(F)c1. The summed E-state index contributed by atoms with van der Waals surface area (Å²) in [6.45, 7) is 3.48. The number of piperazine rings is 1. The summed E-state index contributed by atoms with van der Waals surface area (Å²) < 4.78 is 18.9. The van der Waals surface area contributed by atoms with E-state index in [9.17, 15) is 4.39 Å². The molecule has 22 heavy (non-hydrogen) atoms. The summed E-state index contributed by atoms with van der Waals surface area (Å²) in [5.74, 6) is 0.724. The van der Waals surface area contributed by atoms with Crippen molar-refractivity contribution in [1.82, 2.24) is 10.2 Å². The molecule has 1 fully saturated rings. The molecule has 1 aliphatic heterocycles. The van der Waals surface area contributed by atoms with Crippen LogP contribution >= 0.6 is 0 Å². The molecule has 2 aromatic carbocycles. The lowest BCUT2D eigenvalue weighted by molar-refractivity contribution is 0.151. The zero-order valence-corrected chi connectivity index (χ0v) is 12.8. The number of benzene rings is 2. The quantitative estimate of drug-likeness (QED) is 0.939. The Morgan fingerprint density at radius 1 is 1.23 bits per heavy atom. The first-order valence-electron chi connectivity index (χ1n) is 7.60. The molecule has 0 bridgehead atoms. The summed E-state index contributed by atoms with van der Waals surface area (Å²) in [4.78, 5) is 2.38. The van der Waals surface area contributed by atoms with Crippen molar-refractivity contribution in [3.8, 4) is 5.75 Å². The van der Waals surface area contributed by atoms with Crippen LogP contribution in [0.2, 0.25) is 0 Å². The lowest BCUT2D eigenvalue weighted by Gasteiger charge is -2.37. The van der Waals surface area contributed by atoms with Gasteiger partial charge in [0.15, 0.2) is 0 Å². The second-order valence-corrected chi connectivity index (χ2v) is 5.56. The van der Waals surface area contributed by atoms with Crippen molar-refractivity contribution in [3.63, 3.8) is 0 Å². The van der Waals surface area contributed by atoms with Crippen LogP contribution in [-0.4, -0.2) is 31.6 Å². The molecule has 1 aliphatic rings. The highest BCUT2D eigenvalue weighted by atomic mass is 19.1. The fourth-order valence-electron chi connectivity index (χ4n) is 3.05. The minimum Gasteiger partial charge on any atom is -0.496 e. The molecule has 0 radical (unpaired) electrons. The molecule has 1 unspecified atom stereocenters. The third-order valence-corrected chi connectivity index (χ3v) is 4.13.